The van der Waals surface area contributed by atoms with Crippen molar-refractivity contribution in [3.05, 3.63) is 23.4 Å². The maximum Gasteiger partial charge on any atom is 0.144 e. The Kier molecular flexibility index (Phi) is 5.40. The number of aliphatic hydroxyl groups excluding tert-OH is 1. The summed E-state index contributed by atoms with van der Waals surface area (Å²) in [7, 11) is 0. The lowest BCUT2D eigenvalue weighted by atomic mass is 10.2. The molecule has 0 fully saturated rings. The predicted molar refractivity (Wildman–Crippen MR) is 66.7 cm³/mol. The zero-order valence-corrected chi connectivity index (χ0v) is 10.2. The Morgan fingerprint density at radius 2 is 2.24 bits per heavy atom. The van der Waals surface area contributed by atoms with E-state index in [1.807, 2.05) is 13.0 Å². The maximum absolute atomic E-state index is 9.05. The predicted octanol–water partition coefficient (Wildman–Crippen LogP) is 0.644. The van der Waals surface area contributed by atoms with E-state index in [1.54, 1.807) is 13.0 Å². The number of aliphatic hydroxyl groups is 1. The molecule has 92 valence electrons. The molecule has 0 aliphatic rings. The molecule has 0 aliphatic carbocycles. The molecular formula is C12H18N4O. The van der Waals surface area contributed by atoms with Crippen LogP contribution in [0.3, 0.4) is 0 Å². The molecule has 0 aromatic carbocycles. The summed E-state index contributed by atoms with van der Waals surface area (Å²) < 4.78 is 0. The molecular weight excluding hydrogens is 216 g/mol. The van der Waals surface area contributed by atoms with E-state index < -0.39 is 0 Å². The lowest BCUT2D eigenvalue weighted by Gasteiger charge is -2.09. The third-order valence-electron chi connectivity index (χ3n) is 2.19. The van der Waals surface area contributed by atoms with E-state index in [4.69, 9.17) is 10.4 Å². The van der Waals surface area contributed by atoms with Gasteiger partial charge in [-0.25, -0.2) is 4.98 Å². The molecule has 0 aliphatic heterocycles. The fourth-order valence-electron chi connectivity index (χ4n) is 1.36. The quantitative estimate of drug-likeness (QED) is 0.629. The Bertz CT molecular complexity index is 398. The second-order valence-electron chi connectivity index (χ2n) is 3.94. The lowest BCUT2D eigenvalue weighted by molar-refractivity contribution is 0.192. The van der Waals surface area contributed by atoms with Gasteiger partial charge in [0.05, 0.1) is 11.7 Å². The minimum Gasteiger partial charge on any atom is -0.392 e. The van der Waals surface area contributed by atoms with Crippen LogP contribution in [0.5, 0.6) is 0 Å². The Balaban J connectivity index is 2.41. The highest BCUT2D eigenvalue weighted by atomic mass is 16.3. The van der Waals surface area contributed by atoms with Crippen LogP contribution < -0.4 is 10.6 Å². The number of nitrogens with zero attached hydrogens (tertiary/aromatic N) is 2. The minimum atomic E-state index is -0.346. The van der Waals surface area contributed by atoms with Gasteiger partial charge in [-0.05, 0) is 26.0 Å². The smallest absolute Gasteiger partial charge is 0.144 e. The normalized spacial score (nSPS) is 11.9. The summed E-state index contributed by atoms with van der Waals surface area (Å²) in [5.41, 5.74) is 1.43. The highest BCUT2D eigenvalue weighted by Gasteiger charge is 2.02. The first kappa shape index (κ1) is 13.4. The number of nitrogens with one attached hydrogen (secondary N) is 2. The summed E-state index contributed by atoms with van der Waals surface area (Å²) in [6, 6.07) is 5.67. The highest BCUT2D eigenvalue weighted by Crippen LogP contribution is 2.11. The van der Waals surface area contributed by atoms with Crippen molar-refractivity contribution in [3.63, 3.8) is 0 Å². The van der Waals surface area contributed by atoms with Crippen LogP contribution in [0, 0.1) is 18.3 Å². The summed E-state index contributed by atoms with van der Waals surface area (Å²) in [6.07, 6.45) is -0.346. The van der Waals surface area contributed by atoms with Crippen LogP contribution in [0.1, 0.15) is 18.2 Å². The van der Waals surface area contributed by atoms with Crippen molar-refractivity contribution in [2.75, 3.05) is 25.0 Å². The number of pyridine rings is 1. The molecule has 1 rings (SSSR count). The number of nitriles is 1. The Hall–Kier alpha value is -1.64. The summed E-state index contributed by atoms with van der Waals surface area (Å²) in [6.45, 7) is 5.56. The standard InChI is InChI=1S/C12H18N4O/c1-9-3-4-11(7-13)12(16-9)15-6-5-14-8-10(2)17/h3-4,10,14,17H,5-6,8H2,1-2H3,(H,15,16). The van der Waals surface area contributed by atoms with Crippen molar-refractivity contribution in [2.45, 2.75) is 20.0 Å². The van der Waals surface area contributed by atoms with E-state index in [2.05, 4.69) is 21.7 Å². The molecule has 0 bridgehead atoms. The molecule has 1 unspecified atom stereocenters. The van der Waals surface area contributed by atoms with Gasteiger partial charge in [-0.15, -0.1) is 0 Å². The molecule has 5 heteroatoms. The molecule has 0 saturated heterocycles. The molecule has 0 saturated carbocycles. The molecule has 3 N–H and O–H groups in total. The van der Waals surface area contributed by atoms with Gasteiger partial charge in [-0.1, -0.05) is 0 Å². The fourth-order valence-corrected chi connectivity index (χ4v) is 1.36. The van der Waals surface area contributed by atoms with Crippen molar-refractivity contribution in [1.82, 2.24) is 10.3 Å². The third-order valence-corrected chi connectivity index (χ3v) is 2.19. The third kappa shape index (κ3) is 4.81. The van der Waals surface area contributed by atoms with E-state index in [0.29, 0.717) is 31.0 Å². The molecule has 1 atom stereocenters. The van der Waals surface area contributed by atoms with Gasteiger partial charge in [-0.3, -0.25) is 0 Å². The molecule has 0 radical (unpaired) electrons. The van der Waals surface area contributed by atoms with Crippen LogP contribution in [0.15, 0.2) is 12.1 Å². The first-order valence-corrected chi connectivity index (χ1v) is 5.64. The molecule has 1 aromatic heterocycles. The second kappa shape index (κ2) is 6.84. The van der Waals surface area contributed by atoms with Crippen molar-refractivity contribution >= 4 is 5.82 Å². The second-order valence-corrected chi connectivity index (χ2v) is 3.94. The summed E-state index contributed by atoms with van der Waals surface area (Å²) in [5, 5.41) is 24.1. The number of aromatic nitrogens is 1. The van der Waals surface area contributed by atoms with Crippen LogP contribution in [0.2, 0.25) is 0 Å². The largest absolute Gasteiger partial charge is 0.392 e. The zero-order valence-electron chi connectivity index (χ0n) is 10.2. The van der Waals surface area contributed by atoms with Gasteiger partial charge in [0.1, 0.15) is 11.9 Å². The maximum atomic E-state index is 9.05. The van der Waals surface area contributed by atoms with Crippen molar-refractivity contribution < 1.29 is 5.11 Å². The van der Waals surface area contributed by atoms with Gasteiger partial charge in [0.15, 0.2) is 0 Å². The summed E-state index contributed by atoms with van der Waals surface area (Å²) in [5.74, 6) is 0.617. The van der Waals surface area contributed by atoms with E-state index >= 15 is 0 Å². The summed E-state index contributed by atoms with van der Waals surface area (Å²) >= 11 is 0. The Labute approximate surface area is 101 Å². The first-order chi connectivity index (χ1) is 8.13. The van der Waals surface area contributed by atoms with Gasteiger partial charge in [-0.2, -0.15) is 5.26 Å². The first-order valence-electron chi connectivity index (χ1n) is 5.64. The van der Waals surface area contributed by atoms with Gasteiger partial charge in [0.25, 0.3) is 0 Å². The van der Waals surface area contributed by atoms with E-state index in [-0.39, 0.29) is 6.10 Å². The molecule has 5 nitrogen and oxygen atoms in total. The summed E-state index contributed by atoms with van der Waals surface area (Å²) in [4.78, 5) is 4.27. The van der Waals surface area contributed by atoms with Crippen LogP contribution in [-0.4, -0.2) is 35.8 Å². The van der Waals surface area contributed by atoms with Crippen LogP contribution in [-0.2, 0) is 0 Å². The van der Waals surface area contributed by atoms with Crippen LogP contribution >= 0.6 is 0 Å². The van der Waals surface area contributed by atoms with Crippen molar-refractivity contribution in [3.8, 4) is 6.07 Å². The number of anilines is 1. The van der Waals surface area contributed by atoms with Gasteiger partial charge >= 0.3 is 0 Å². The SMILES string of the molecule is Cc1ccc(C#N)c(NCCNCC(C)O)n1. The number of aryl methyl sites for hydroxylation is 1. The molecule has 17 heavy (non-hydrogen) atoms. The van der Waals surface area contributed by atoms with E-state index in [9.17, 15) is 0 Å². The topological polar surface area (TPSA) is 81.0 Å². The zero-order chi connectivity index (χ0) is 12.7. The number of rotatable bonds is 6. The minimum absolute atomic E-state index is 0.346. The Morgan fingerprint density at radius 3 is 2.88 bits per heavy atom. The lowest BCUT2D eigenvalue weighted by Crippen LogP contribution is -2.29. The number of hydrogen-bond acceptors (Lipinski definition) is 5. The van der Waals surface area contributed by atoms with Crippen molar-refractivity contribution in [2.24, 2.45) is 0 Å². The number of hydrogen-bond donors (Lipinski definition) is 3. The average molecular weight is 234 g/mol. The van der Waals surface area contributed by atoms with Gasteiger partial charge in [0, 0.05) is 25.3 Å². The molecule has 1 aromatic rings. The fraction of sp³-hybridized carbons (Fsp3) is 0.500. The highest BCUT2D eigenvalue weighted by molar-refractivity contribution is 5.52. The van der Waals surface area contributed by atoms with E-state index in [1.165, 1.54) is 0 Å². The van der Waals surface area contributed by atoms with Gasteiger partial charge < -0.3 is 15.7 Å². The molecule has 0 amide bonds. The molecule has 1 heterocycles. The van der Waals surface area contributed by atoms with Gasteiger partial charge in [0.2, 0.25) is 0 Å². The van der Waals surface area contributed by atoms with Crippen LogP contribution in [0.4, 0.5) is 5.82 Å². The van der Waals surface area contributed by atoms with Crippen LogP contribution in [0.25, 0.3) is 0 Å². The Morgan fingerprint density at radius 1 is 1.47 bits per heavy atom. The van der Waals surface area contributed by atoms with Crippen molar-refractivity contribution in [1.29, 1.82) is 5.26 Å². The monoisotopic (exact) mass is 234 g/mol. The molecule has 0 spiro atoms. The van der Waals surface area contributed by atoms with E-state index in [0.717, 1.165) is 5.69 Å². The average Bonchev–Trinajstić information content (AvgIpc) is 2.28.